The van der Waals surface area contributed by atoms with Gasteiger partial charge in [-0.25, -0.2) is 0 Å². The van der Waals surface area contributed by atoms with E-state index in [2.05, 4.69) is 0 Å². The van der Waals surface area contributed by atoms with Gasteiger partial charge in [-0.05, 0) is 40.9 Å². The van der Waals surface area contributed by atoms with E-state index in [4.69, 9.17) is 4.74 Å². The Balaban J connectivity index is 1.47. The Morgan fingerprint density at radius 1 is 1.12 bits per heavy atom. The molecule has 0 heterocycles. The lowest BCUT2D eigenvalue weighted by molar-refractivity contribution is -0.642. The van der Waals surface area contributed by atoms with Crippen LogP contribution in [0.5, 0.6) is 0 Å². The first-order valence-corrected chi connectivity index (χ1v) is 5.93. The molecule has 6 aliphatic carbocycles. The highest BCUT2D eigenvalue weighted by molar-refractivity contribution is 5.88. The number of ether oxygens (including phenoxy) is 1. The highest BCUT2D eigenvalue weighted by atomic mass is 16.5. The summed E-state index contributed by atoms with van der Waals surface area (Å²) < 4.78 is 4.75. The maximum atomic E-state index is 11.4. The molecule has 6 saturated carbocycles. The van der Waals surface area contributed by atoms with Gasteiger partial charge in [-0.3, -0.25) is 9.59 Å². The zero-order valence-electron chi connectivity index (χ0n) is 8.84. The first-order chi connectivity index (χ1) is 7.63. The minimum atomic E-state index is -0.567. The van der Waals surface area contributed by atoms with Gasteiger partial charge < -0.3 is 9.84 Å². The number of hydrogen-bond donors (Lipinski definition) is 1. The molecule has 0 unspecified atom stereocenters. The van der Waals surface area contributed by atoms with E-state index < -0.39 is 5.97 Å². The van der Waals surface area contributed by atoms with Gasteiger partial charge in [-0.1, -0.05) is 0 Å². The molecule has 0 aromatic rings. The van der Waals surface area contributed by atoms with Gasteiger partial charge in [0.05, 0.1) is 18.9 Å². The smallest absolute Gasteiger partial charge is 0.310 e. The fourth-order valence-corrected chi connectivity index (χ4v) is 6.85. The lowest BCUT2D eigenvalue weighted by Crippen LogP contribution is -3.10. The third-order valence-electron chi connectivity index (χ3n) is 6.89. The molecule has 0 saturated heterocycles. The van der Waals surface area contributed by atoms with Gasteiger partial charge in [0, 0.05) is 0 Å². The summed E-state index contributed by atoms with van der Waals surface area (Å²) in [5.74, 6) is 2.27. The normalized spacial score (nSPS) is 68.6. The Hall–Kier alpha value is -1.06. The molecule has 16 heavy (non-hydrogen) atoms. The van der Waals surface area contributed by atoms with Crippen molar-refractivity contribution < 1.29 is 19.4 Å². The van der Waals surface area contributed by atoms with Crippen molar-refractivity contribution in [3.63, 3.8) is 0 Å². The Morgan fingerprint density at radius 2 is 1.62 bits per heavy atom. The van der Waals surface area contributed by atoms with Gasteiger partial charge in [0.1, 0.15) is 0 Å². The molecule has 6 rings (SSSR count). The van der Waals surface area contributed by atoms with E-state index in [9.17, 15) is 14.7 Å². The van der Waals surface area contributed by atoms with Crippen molar-refractivity contribution in [1.29, 1.82) is 0 Å². The molecule has 0 radical (unpaired) electrons. The van der Waals surface area contributed by atoms with Crippen LogP contribution in [0.25, 0.3) is 0 Å². The van der Waals surface area contributed by atoms with E-state index in [1.54, 1.807) is 0 Å². The van der Waals surface area contributed by atoms with Gasteiger partial charge in [-0.2, -0.15) is 0 Å². The molecule has 1 N–H and O–H groups in total. The van der Waals surface area contributed by atoms with Crippen molar-refractivity contribution in [2.24, 2.45) is 46.3 Å². The quantitative estimate of drug-likeness (QED) is 0.698. The lowest BCUT2D eigenvalue weighted by atomic mass is 8.92. The zero-order chi connectivity index (χ0) is 11.0. The summed E-state index contributed by atoms with van der Waals surface area (Å²) >= 11 is 0. The number of carbonyl (C=O) groups excluding carboxylic acids is 1. The molecule has 4 nitrogen and oxygen atoms in total. The van der Waals surface area contributed by atoms with Crippen LogP contribution in [0.2, 0.25) is 0 Å². The van der Waals surface area contributed by atoms with Crippen LogP contribution < -0.4 is 0 Å². The molecule has 0 spiro atoms. The molecule has 0 bridgehead atoms. The van der Waals surface area contributed by atoms with Crippen LogP contribution >= 0.6 is 0 Å². The minimum absolute atomic E-state index is 0.111. The van der Waals surface area contributed by atoms with Gasteiger partial charge in [-0.15, -0.1) is 0 Å². The molecule has 0 atom stereocenters. The summed E-state index contributed by atoms with van der Waals surface area (Å²) in [5, 5.41) is 9.29. The highest BCUT2D eigenvalue weighted by Crippen LogP contribution is 3.10. The van der Waals surface area contributed by atoms with Crippen LogP contribution in [0.3, 0.4) is 0 Å². The summed E-state index contributed by atoms with van der Waals surface area (Å²) in [5.41, 5.74) is -0.0951. The van der Waals surface area contributed by atoms with E-state index in [1.807, 2.05) is 0 Å². The van der Waals surface area contributed by atoms with Crippen LogP contribution in [-0.4, -0.2) is 24.2 Å². The fraction of sp³-hybridized carbons (Fsp3) is 0.833. The van der Waals surface area contributed by atoms with E-state index in [0.29, 0.717) is 41.9 Å². The molecule has 0 amide bonds. The van der Waals surface area contributed by atoms with E-state index in [1.165, 1.54) is 7.11 Å². The minimum Gasteiger partial charge on any atom is -0.481 e. The fourth-order valence-electron chi connectivity index (χ4n) is 6.85. The molecule has 4 heteroatoms. The molecule has 0 aromatic carbocycles. The third kappa shape index (κ3) is 0.356. The Bertz CT molecular complexity index is 426. The molecule has 6 fully saturated rings. The van der Waals surface area contributed by atoms with E-state index in [0.717, 1.165) is 0 Å². The van der Waals surface area contributed by atoms with E-state index in [-0.39, 0.29) is 16.8 Å². The number of rotatable bonds is 3. The third-order valence-corrected chi connectivity index (χ3v) is 6.89. The van der Waals surface area contributed by atoms with Gasteiger partial charge in [0.15, 0.2) is 0 Å². The van der Waals surface area contributed by atoms with Crippen LogP contribution in [0.15, 0.2) is 0 Å². The van der Waals surface area contributed by atoms with Crippen molar-refractivity contribution in [3.8, 4) is 0 Å². The maximum Gasteiger partial charge on any atom is 0.310 e. The van der Waals surface area contributed by atoms with Gasteiger partial charge >= 0.3 is 11.9 Å². The summed E-state index contributed by atoms with van der Waals surface area (Å²) in [6.45, 7) is 0. The second kappa shape index (κ2) is 1.71. The molecule has 0 aromatic heterocycles. The largest absolute Gasteiger partial charge is 0.481 e. The monoisotopic (exact) mass is 220 g/mol. The molecule has 0 aliphatic heterocycles. The van der Waals surface area contributed by atoms with Crippen LogP contribution in [0, 0.1) is 46.3 Å². The Kier molecular flexibility index (Phi) is 0.865. The summed E-state index contributed by atoms with van der Waals surface area (Å²) in [6.07, 6.45) is 0.544. The average Bonchev–Trinajstić information content (AvgIpc) is 2.29. The van der Waals surface area contributed by atoms with Crippen molar-refractivity contribution in [2.45, 2.75) is 6.42 Å². The average molecular weight is 220 g/mol. The predicted octanol–water partition coefficient (Wildman–Crippen LogP) is 0.372. The summed E-state index contributed by atoms with van der Waals surface area (Å²) in [7, 11) is 1.43. The molecular formula is C12H12O4. The number of methoxy groups -OCH3 is 1. The molecule has 6 aliphatic rings. The lowest BCUT2D eigenvalue weighted by Gasteiger charge is -3.10. The number of carboxylic acid groups (broad SMARTS) is 1. The number of carboxylic acids is 1. The second-order valence-corrected chi connectivity index (χ2v) is 6.26. The van der Waals surface area contributed by atoms with Crippen molar-refractivity contribution in [3.05, 3.63) is 0 Å². The first-order valence-electron chi connectivity index (χ1n) is 5.93. The predicted molar refractivity (Wildman–Crippen MR) is 50.1 cm³/mol. The Labute approximate surface area is 92.0 Å². The highest BCUT2D eigenvalue weighted by Gasteiger charge is 3.11. The number of carbonyl (C=O) groups is 2. The summed E-state index contributed by atoms with van der Waals surface area (Å²) in [4.78, 5) is 22.6. The number of aliphatic carboxylic acids is 1. The van der Waals surface area contributed by atoms with Crippen molar-refractivity contribution in [2.75, 3.05) is 7.11 Å². The number of hydrogen-bond acceptors (Lipinski definition) is 3. The van der Waals surface area contributed by atoms with Crippen LogP contribution in [0.4, 0.5) is 0 Å². The SMILES string of the molecule is COC(=O)CC12C3C4C1C1C2C3C41C(=O)O. The molecular weight excluding hydrogens is 208 g/mol. The Morgan fingerprint density at radius 3 is 2.00 bits per heavy atom. The van der Waals surface area contributed by atoms with Gasteiger partial charge in [0.25, 0.3) is 0 Å². The topological polar surface area (TPSA) is 63.6 Å². The number of esters is 1. The maximum absolute atomic E-state index is 11.4. The van der Waals surface area contributed by atoms with Crippen molar-refractivity contribution >= 4 is 11.9 Å². The van der Waals surface area contributed by atoms with E-state index >= 15 is 0 Å². The summed E-state index contributed by atoms with van der Waals surface area (Å²) in [6, 6.07) is 0. The van der Waals surface area contributed by atoms with Gasteiger partial charge in [0.2, 0.25) is 0 Å². The first kappa shape index (κ1) is 8.09. The molecule has 84 valence electrons. The zero-order valence-corrected chi connectivity index (χ0v) is 8.84. The standard InChI is InChI=1S/C12H12O4/c1-16-3(13)2-11-4-7-5(11)9-6(11)8(4)12(7,9)10(14)15/h4-9H,2H2,1H3,(H,14,15). The van der Waals surface area contributed by atoms with Crippen LogP contribution in [0.1, 0.15) is 6.42 Å². The second-order valence-electron chi connectivity index (χ2n) is 6.26. The van der Waals surface area contributed by atoms with Crippen LogP contribution in [-0.2, 0) is 14.3 Å². The van der Waals surface area contributed by atoms with Crippen molar-refractivity contribution in [1.82, 2.24) is 0 Å².